The Morgan fingerprint density at radius 1 is 1.10 bits per heavy atom. The summed E-state index contributed by atoms with van der Waals surface area (Å²) in [7, 11) is 1.41. The second-order valence-electron chi connectivity index (χ2n) is 7.86. The molecule has 1 saturated heterocycles. The van der Waals surface area contributed by atoms with Crippen LogP contribution in [0.2, 0.25) is 0 Å². The van der Waals surface area contributed by atoms with E-state index in [0.717, 1.165) is 61.6 Å². The second-order valence-corrected chi connectivity index (χ2v) is 9.59. The lowest BCUT2D eigenvalue weighted by Crippen LogP contribution is -2.66. The molecule has 162 valence electrons. The number of carbonyl (C=O) groups excluding carboxylic acids is 2. The van der Waals surface area contributed by atoms with Gasteiger partial charge in [0.05, 0.1) is 17.9 Å². The van der Waals surface area contributed by atoms with Gasteiger partial charge in [-0.05, 0) is 54.9 Å². The molecule has 2 aromatic rings. The van der Waals surface area contributed by atoms with Gasteiger partial charge in [0.15, 0.2) is 5.01 Å². The van der Waals surface area contributed by atoms with E-state index in [0.29, 0.717) is 11.8 Å². The highest BCUT2D eigenvalue weighted by atomic mass is 32.1. The molecule has 1 aliphatic heterocycles. The Morgan fingerprint density at radius 2 is 1.80 bits per heavy atom. The van der Waals surface area contributed by atoms with E-state index in [1.165, 1.54) is 7.11 Å². The van der Waals surface area contributed by atoms with Crippen molar-refractivity contribution in [3.63, 3.8) is 0 Å². The Kier molecular flexibility index (Phi) is 6.57. The maximum absolute atomic E-state index is 12.6. The van der Waals surface area contributed by atoms with E-state index in [9.17, 15) is 9.59 Å². The average Bonchev–Trinajstić information content (AvgIpc) is 3.47. The third kappa shape index (κ3) is 4.46. The van der Waals surface area contributed by atoms with Gasteiger partial charge in [0, 0.05) is 36.9 Å². The Morgan fingerprint density at radius 3 is 2.40 bits per heavy atom. The highest BCUT2D eigenvalue weighted by molar-refractivity contribution is 7.09. The zero-order valence-electron chi connectivity index (χ0n) is 17.3. The number of ether oxygens (including phenoxy) is 1. The summed E-state index contributed by atoms with van der Waals surface area (Å²) < 4.78 is 5.08. The van der Waals surface area contributed by atoms with E-state index in [2.05, 4.69) is 10.2 Å². The molecule has 2 aliphatic rings. The number of methoxy groups -OCH3 is 1. The largest absolute Gasteiger partial charge is 0.465 e. The van der Waals surface area contributed by atoms with Crippen LogP contribution in [0.1, 0.15) is 67.3 Å². The van der Waals surface area contributed by atoms with Crippen molar-refractivity contribution >= 4 is 34.7 Å². The Bertz CT molecular complexity index is 858. The third-order valence-corrected chi connectivity index (χ3v) is 7.92. The molecule has 0 unspecified atom stereocenters. The molecule has 1 aliphatic carbocycles. The second kappa shape index (κ2) is 9.34. The highest BCUT2D eigenvalue weighted by Gasteiger charge is 2.39. The maximum atomic E-state index is 12.6. The van der Waals surface area contributed by atoms with E-state index in [4.69, 9.17) is 9.84 Å². The van der Waals surface area contributed by atoms with Gasteiger partial charge in [-0.15, -0.1) is 21.5 Å². The summed E-state index contributed by atoms with van der Waals surface area (Å²) in [6, 6.07) is 0.0427. The van der Waals surface area contributed by atoms with E-state index in [1.54, 1.807) is 44.9 Å². The zero-order valence-corrected chi connectivity index (χ0v) is 18.9. The summed E-state index contributed by atoms with van der Waals surface area (Å²) in [5.41, 5.74) is 3.66. The highest BCUT2D eigenvalue weighted by Crippen LogP contribution is 2.35. The molecule has 9 nitrogen and oxygen atoms in total. The lowest BCUT2D eigenvalue weighted by Gasteiger charge is -2.30. The van der Waals surface area contributed by atoms with Crippen LogP contribution >= 0.6 is 22.7 Å². The number of hydrogen-bond donors (Lipinski definition) is 0. The topological polar surface area (TPSA) is 92.4 Å². The Hall–Kier alpha value is -2.14. The number of aromatic nitrogens is 4. The molecule has 4 rings (SSSR count). The van der Waals surface area contributed by atoms with Crippen molar-refractivity contribution in [3.8, 4) is 0 Å². The smallest absolute Gasteiger partial charge is 0.449 e. The summed E-state index contributed by atoms with van der Waals surface area (Å²) in [4.78, 5) is 27.7. The van der Waals surface area contributed by atoms with Crippen molar-refractivity contribution in [2.45, 2.75) is 63.3 Å². The van der Waals surface area contributed by atoms with Gasteiger partial charge in [0.2, 0.25) is 5.91 Å². The van der Waals surface area contributed by atoms with Crippen LogP contribution in [-0.2, 0) is 9.53 Å². The van der Waals surface area contributed by atoms with Crippen LogP contribution < -0.4 is 9.80 Å². The maximum Gasteiger partial charge on any atom is 0.465 e. The molecule has 2 fully saturated rings. The molecule has 0 radical (unpaired) electrons. The first kappa shape index (κ1) is 21.1. The Balaban J connectivity index is 1.43. The molecule has 30 heavy (non-hydrogen) atoms. The van der Waals surface area contributed by atoms with Crippen molar-refractivity contribution in [2.75, 3.05) is 25.2 Å². The van der Waals surface area contributed by atoms with Crippen LogP contribution in [0.15, 0.2) is 11.0 Å². The minimum absolute atomic E-state index is 0.0427. The lowest BCUT2D eigenvalue weighted by molar-refractivity contribution is -0.740. The van der Waals surface area contributed by atoms with Crippen molar-refractivity contribution in [1.29, 1.82) is 0 Å². The van der Waals surface area contributed by atoms with E-state index in [-0.39, 0.29) is 18.0 Å². The summed E-state index contributed by atoms with van der Waals surface area (Å²) in [6.45, 7) is 3.14. The first-order valence-electron chi connectivity index (χ1n) is 10.3. The van der Waals surface area contributed by atoms with Crippen LogP contribution in [0.3, 0.4) is 0 Å². The number of carbonyl (C=O) groups is 2. The molecule has 0 atom stereocenters. The van der Waals surface area contributed by atoms with Gasteiger partial charge in [-0.1, -0.05) is 0 Å². The number of rotatable bonds is 4. The summed E-state index contributed by atoms with van der Waals surface area (Å²) in [5.74, 6) is 0.860. The van der Waals surface area contributed by atoms with Crippen LogP contribution in [-0.4, -0.2) is 58.4 Å². The molecule has 3 heterocycles. The van der Waals surface area contributed by atoms with Crippen molar-refractivity contribution in [3.05, 3.63) is 21.0 Å². The average molecular weight is 452 g/mol. The number of nitrogens with zero attached hydrogens (tertiary/aromatic N) is 6. The molecular weight excluding hydrogens is 424 g/mol. The van der Waals surface area contributed by atoms with Crippen LogP contribution in [0.5, 0.6) is 0 Å². The number of piperidine rings is 1. The van der Waals surface area contributed by atoms with E-state index < -0.39 is 0 Å². The fourth-order valence-corrected chi connectivity index (χ4v) is 6.02. The van der Waals surface area contributed by atoms with E-state index in [1.807, 2.05) is 10.4 Å². The van der Waals surface area contributed by atoms with Crippen molar-refractivity contribution in [2.24, 2.45) is 0 Å². The normalized spacial score (nSPS) is 22.7. The number of likely N-dealkylation sites (tertiary alicyclic amines) is 1. The third-order valence-electron chi connectivity index (χ3n) is 6.11. The standard InChI is InChI=1S/C19H27N6O3S2/c1-13(26)23-9-7-15(8-10-23)18-22-24(12-30-18)25(19(27)28-2)16-5-3-14(4-6-16)17-21-20-11-29-17/h11-12,14-16H,3-10H2,1-2H3/q+1/t14-,16-. The van der Waals surface area contributed by atoms with Gasteiger partial charge in [-0.2, -0.15) is 0 Å². The molecule has 2 aromatic heterocycles. The van der Waals surface area contributed by atoms with Crippen molar-refractivity contribution in [1.82, 2.24) is 20.2 Å². The molecule has 0 bridgehead atoms. The predicted octanol–water partition coefficient (Wildman–Crippen LogP) is 2.44. The van der Waals surface area contributed by atoms with Gasteiger partial charge in [0.25, 0.3) is 5.51 Å². The van der Waals surface area contributed by atoms with Gasteiger partial charge in [-0.3, -0.25) is 4.79 Å². The van der Waals surface area contributed by atoms with Crippen LogP contribution in [0.25, 0.3) is 0 Å². The molecule has 0 aromatic carbocycles. The predicted molar refractivity (Wildman–Crippen MR) is 112 cm³/mol. The number of amides is 2. The zero-order chi connectivity index (χ0) is 21.1. The molecule has 2 amide bonds. The van der Waals surface area contributed by atoms with Crippen molar-refractivity contribution < 1.29 is 19.1 Å². The number of hydrogen-bond acceptors (Lipinski definition) is 8. The fourth-order valence-electron chi connectivity index (χ4n) is 4.39. The Labute approximate surface area is 183 Å². The minimum Gasteiger partial charge on any atom is -0.449 e. The molecule has 0 N–H and O–H groups in total. The summed E-state index contributed by atoms with van der Waals surface area (Å²) in [5, 5.41) is 16.7. The SMILES string of the molecule is COC(=O)N([C@H]1CC[C@H](c2nncs2)CC1)[n+]1csc(C2CCN(C(C)=O)CC2)n1. The van der Waals surface area contributed by atoms with Crippen LogP contribution in [0.4, 0.5) is 4.79 Å². The first-order chi connectivity index (χ1) is 14.6. The lowest BCUT2D eigenvalue weighted by atomic mass is 9.86. The van der Waals surface area contributed by atoms with E-state index >= 15 is 0 Å². The summed E-state index contributed by atoms with van der Waals surface area (Å²) >= 11 is 3.17. The van der Waals surface area contributed by atoms with Gasteiger partial charge in [-0.25, -0.2) is 4.79 Å². The minimum atomic E-state index is -0.386. The molecular formula is C19H27N6O3S2+. The first-order valence-corrected chi connectivity index (χ1v) is 12.1. The van der Waals surface area contributed by atoms with Gasteiger partial charge in [0.1, 0.15) is 10.5 Å². The van der Waals surface area contributed by atoms with Crippen LogP contribution in [0, 0.1) is 0 Å². The quantitative estimate of drug-likeness (QED) is 0.663. The molecule has 11 heteroatoms. The fraction of sp³-hybridized carbons (Fsp3) is 0.684. The van der Waals surface area contributed by atoms with Gasteiger partial charge < -0.3 is 9.64 Å². The molecule has 0 spiro atoms. The molecule has 1 saturated carbocycles. The monoisotopic (exact) mass is 451 g/mol. The summed E-state index contributed by atoms with van der Waals surface area (Å²) in [6.07, 6.45) is 5.09. The van der Waals surface area contributed by atoms with Gasteiger partial charge >= 0.3 is 6.09 Å².